The van der Waals surface area contributed by atoms with E-state index in [1.54, 1.807) is 135 Å². The van der Waals surface area contributed by atoms with Gasteiger partial charge in [-0.1, -0.05) is 58.8 Å². The van der Waals surface area contributed by atoms with Gasteiger partial charge in [-0.15, -0.1) is 0 Å². The standard InChI is InChI=1S/C41H66/c1-41(2)38-13-6-5-10-32(38)33-19-17-28(24-39(33)41)27-16-18-31-36-21-20-30(29-15-14-25-8-3-4-9-26(25)22-29)34-11-7-12-35(40(34)36)37(31)23-27/h25-40H,3-24H2,1-2H3. The van der Waals surface area contributed by atoms with Gasteiger partial charge in [-0.2, -0.15) is 0 Å². The minimum absolute atomic E-state index is 0.635. The van der Waals surface area contributed by atoms with Gasteiger partial charge in [0.15, 0.2) is 0 Å². The summed E-state index contributed by atoms with van der Waals surface area (Å²) in [4.78, 5) is 0. The van der Waals surface area contributed by atoms with Gasteiger partial charge in [0.25, 0.3) is 0 Å². The highest BCUT2D eigenvalue weighted by Gasteiger charge is 2.60. The lowest BCUT2D eigenvalue weighted by Gasteiger charge is -2.51. The molecule has 0 amide bonds. The van der Waals surface area contributed by atoms with E-state index in [4.69, 9.17) is 0 Å². The van der Waals surface area contributed by atoms with Crippen LogP contribution < -0.4 is 0 Å². The first kappa shape index (κ1) is 27.3. The van der Waals surface area contributed by atoms with E-state index in [-0.39, 0.29) is 0 Å². The second kappa shape index (κ2) is 10.5. The molecule has 16 atom stereocenters. The number of fused-ring (bicyclic) bond motifs is 7. The molecule has 0 bridgehead atoms. The SMILES string of the molecule is CC1(C)C2CCCCC2C2CCC(C3CCC4C(C3)C3CCCC5C(C6CCC7CCCCC7C6)CCC4C53)CC21. The fourth-order valence-electron chi connectivity index (χ4n) is 16.7. The lowest BCUT2D eigenvalue weighted by Crippen LogP contribution is -2.43. The van der Waals surface area contributed by atoms with E-state index in [1.165, 1.54) is 12.3 Å². The van der Waals surface area contributed by atoms with Crippen LogP contribution in [0.15, 0.2) is 0 Å². The summed E-state index contributed by atoms with van der Waals surface area (Å²) in [5, 5.41) is 0. The second-order valence-corrected chi connectivity index (χ2v) is 19.2. The fourth-order valence-corrected chi connectivity index (χ4v) is 16.7. The maximum absolute atomic E-state index is 2.74. The minimum Gasteiger partial charge on any atom is -0.0594 e. The van der Waals surface area contributed by atoms with E-state index < -0.39 is 0 Å². The first-order valence-electron chi connectivity index (χ1n) is 20.1. The van der Waals surface area contributed by atoms with Crippen LogP contribution >= 0.6 is 0 Å². The molecular weight excluding hydrogens is 492 g/mol. The molecule has 9 fully saturated rings. The molecule has 9 rings (SSSR count). The molecule has 0 aromatic rings. The molecule has 0 aliphatic heterocycles. The van der Waals surface area contributed by atoms with Gasteiger partial charge < -0.3 is 0 Å². The van der Waals surface area contributed by atoms with Gasteiger partial charge in [-0.25, -0.2) is 0 Å². The zero-order valence-corrected chi connectivity index (χ0v) is 27.3. The van der Waals surface area contributed by atoms with Crippen molar-refractivity contribution in [3.63, 3.8) is 0 Å². The molecule has 0 aromatic carbocycles. The van der Waals surface area contributed by atoms with Crippen molar-refractivity contribution in [1.29, 1.82) is 0 Å². The normalized spacial score (nSPS) is 57.5. The highest BCUT2D eigenvalue weighted by atomic mass is 14.7. The van der Waals surface area contributed by atoms with E-state index in [0.29, 0.717) is 5.41 Å². The molecular formula is C41H66. The summed E-state index contributed by atoms with van der Waals surface area (Å²) in [5.41, 5.74) is 0.635. The number of hydrogen-bond donors (Lipinski definition) is 0. The predicted octanol–water partition coefficient (Wildman–Crippen LogP) is 11.6. The van der Waals surface area contributed by atoms with E-state index in [2.05, 4.69) is 13.8 Å². The molecule has 41 heavy (non-hydrogen) atoms. The van der Waals surface area contributed by atoms with Gasteiger partial charge in [0.1, 0.15) is 0 Å². The van der Waals surface area contributed by atoms with Crippen molar-refractivity contribution in [2.75, 3.05) is 0 Å². The van der Waals surface area contributed by atoms with Crippen LogP contribution in [0.25, 0.3) is 0 Å². The highest BCUT2D eigenvalue weighted by molar-refractivity contribution is 5.09. The Kier molecular flexibility index (Phi) is 7.02. The smallest absolute Gasteiger partial charge is 0.0292 e. The molecule has 230 valence electrons. The third-order valence-electron chi connectivity index (χ3n) is 18.1. The first-order valence-corrected chi connectivity index (χ1v) is 20.1. The Bertz CT molecular complexity index is 946. The average molecular weight is 559 g/mol. The molecule has 0 N–H and O–H groups in total. The lowest BCUT2D eigenvalue weighted by molar-refractivity contribution is -0.0185. The van der Waals surface area contributed by atoms with Crippen LogP contribution in [0.2, 0.25) is 0 Å². The largest absolute Gasteiger partial charge is 0.0594 e. The van der Waals surface area contributed by atoms with Crippen LogP contribution in [0.5, 0.6) is 0 Å². The van der Waals surface area contributed by atoms with E-state index in [9.17, 15) is 0 Å². The van der Waals surface area contributed by atoms with Gasteiger partial charge in [0.05, 0.1) is 0 Å². The van der Waals surface area contributed by atoms with Crippen LogP contribution in [0.1, 0.15) is 155 Å². The Morgan fingerprint density at radius 1 is 0.317 bits per heavy atom. The van der Waals surface area contributed by atoms with Gasteiger partial charge in [-0.3, -0.25) is 0 Å². The van der Waals surface area contributed by atoms with Gasteiger partial charge in [0.2, 0.25) is 0 Å². The third kappa shape index (κ3) is 4.29. The van der Waals surface area contributed by atoms with Crippen molar-refractivity contribution in [2.45, 2.75) is 155 Å². The Balaban J connectivity index is 0.895. The lowest BCUT2D eigenvalue weighted by atomic mass is 9.54. The molecule has 9 aliphatic carbocycles. The zero-order valence-electron chi connectivity index (χ0n) is 27.3. The minimum atomic E-state index is 0.635. The molecule has 0 saturated heterocycles. The molecule has 16 unspecified atom stereocenters. The summed E-state index contributed by atoms with van der Waals surface area (Å²) in [6.45, 7) is 5.47. The van der Waals surface area contributed by atoms with Crippen LogP contribution in [0.4, 0.5) is 0 Å². The van der Waals surface area contributed by atoms with E-state index in [1.807, 2.05) is 0 Å². The first-order chi connectivity index (χ1) is 20.1. The third-order valence-corrected chi connectivity index (χ3v) is 18.1. The van der Waals surface area contributed by atoms with Crippen LogP contribution in [-0.2, 0) is 0 Å². The summed E-state index contributed by atoms with van der Waals surface area (Å²) >= 11 is 0. The molecule has 0 radical (unpaired) electrons. The van der Waals surface area contributed by atoms with Crippen molar-refractivity contribution < 1.29 is 0 Å². The topological polar surface area (TPSA) is 0 Å². The maximum Gasteiger partial charge on any atom is -0.0292 e. The van der Waals surface area contributed by atoms with Gasteiger partial charge in [-0.05, 0) is 196 Å². The van der Waals surface area contributed by atoms with E-state index >= 15 is 0 Å². The van der Waals surface area contributed by atoms with Gasteiger partial charge >= 0.3 is 0 Å². The molecule has 9 aliphatic rings. The molecule has 0 spiro atoms. The number of rotatable bonds is 2. The Hall–Kier alpha value is 0. The van der Waals surface area contributed by atoms with Crippen molar-refractivity contribution in [3.8, 4) is 0 Å². The van der Waals surface area contributed by atoms with Crippen LogP contribution in [-0.4, -0.2) is 0 Å². The van der Waals surface area contributed by atoms with E-state index in [0.717, 1.165) is 88.8 Å². The Morgan fingerprint density at radius 3 is 1.73 bits per heavy atom. The fraction of sp³-hybridized carbons (Fsp3) is 1.00. The van der Waals surface area contributed by atoms with Crippen molar-refractivity contribution in [1.82, 2.24) is 0 Å². The molecule has 0 nitrogen and oxygen atoms in total. The molecule has 0 aromatic heterocycles. The maximum atomic E-state index is 2.74. The van der Waals surface area contributed by atoms with Crippen LogP contribution in [0, 0.1) is 100 Å². The quantitative estimate of drug-likeness (QED) is 0.316. The summed E-state index contributed by atoms with van der Waals surface area (Å²) in [7, 11) is 0. The summed E-state index contributed by atoms with van der Waals surface area (Å²) in [6, 6.07) is 0. The monoisotopic (exact) mass is 559 g/mol. The summed E-state index contributed by atoms with van der Waals surface area (Å²) < 4.78 is 0. The van der Waals surface area contributed by atoms with Crippen molar-refractivity contribution in [2.24, 2.45) is 100 Å². The van der Waals surface area contributed by atoms with Gasteiger partial charge in [0, 0.05) is 0 Å². The summed E-state index contributed by atoms with van der Waals surface area (Å²) in [6.07, 6.45) is 35.4. The Morgan fingerprint density at radius 2 is 0.854 bits per heavy atom. The van der Waals surface area contributed by atoms with Crippen molar-refractivity contribution >= 4 is 0 Å². The highest BCUT2D eigenvalue weighted by Crippen LogP contribution is 2.68. The Labute approximate surface area is 254 Å². The second-order valence-electron chi connectivity index (χ2n) is 19.2. The summed E-state index contributed by atoms with van der Waals surface area (Å²) in [5.74, 6) is 18.0. The molecule has 9 saturated carbocycles. The van der Waals surface area contributed by atoms with Crippen LogP contribution in [0.3, 0.4) is 0 Å². The molecule has 0 heteroatoms. The predicted molar refractivity (Wildman–Crippen MR) is 171 cm³/mol. The molecule has 0 heterocycles. The number of hydrogen-bond acceptors (Lipinski definition) is 0. The average Bonchev–Trinajstić information content (AvgIpc) is 3.46. The van der Waals surface area contributed by atoms with Crippen molar-refractivity contribution in [3.05, 3.63) is 0 Å². The zero-order chi connectivity index (χ0) is 27.3.